The molecule has 0 aromatic rings. The van der Waals surface area contributed by atoms with Crippen LogP contribution < -0.4 is 0 Å². The minimum Gasteiger partial charge on any atom is -0.457 e. The van der Waals surface area contributed by atoms with Gasteiger partial charge in [-0.3, -0.25) is 4.79 Å². The van der Waals surface area contributed by atoms with Crippen molar-refractivity contribution >= 4 is 23.4 Å². The van der Waals surface area contributed by atoms with Crippen molar-refractivity contribution in [2.45, 2.75) is 0 Å². The Hall–Kier alpha value is -0.770. The van der Waals surface area contributed by atoms with E-state index in [0.29, 0.717) is 0 Å². The minimum absolute atomic E-state index is 0.750. The first-order chi connectivity index (χ1) is 4.54. The van der Waals surface area contributed by atoms with Gasteiger partial charge >= 0.3 is 5.43 Å². The summed E-state index contributed by atoms with van der Waals surface area (Å²) in [5.41, 5.74) is -0.773. The van der Waals surface area contributed by atoms with E-state index >= 15 is 0 Å². The molecule has 0 atom stereocenters. The molecule has 0 unspecified atom stereocenters. The van der Waals surface area contributed by atoms with Gasteiger partial charge in [0.1, 0.15) is 0 Å². The highest BCUT2D eigenvalue weighted by Crippen LogP contribution is 1.78. The monoisotopic (exact) mass is 167 g/mol. The maximum absolute atomic E-state index is 9.43. The first-order valence-electron chi connectivity index (χ1n) is 2.39. The molecule has 0 aromatic heterocycles. The highest BCUT2D eigenvalue weighted by molar-refractivity contribution is 6.61. The molecule has 0 heterocycles. The number of methoxy groups -OCH3 is 1. The SMILES string of the molecule is CN(C)C=O.COC(=O)Cl. The Balaban J connectivity index is 0. The van der Waals surface area contributed by atoms with E-state index in [1.807, 2.05) is 0 Å². The second-order valence-electron chi connectivity index (χ2n) is 1.51. The Bertz CT molecular complexity index is 105. The predicted molar refractivity (Wildman–Crippen MR) is 38.0 cm³/mol. The van der Waals surface area contributed by atoms with Crippen LogP contribution in [0.15, 0.2) is 0 Å². The maximum Gasteiger partial charge on any atom is 0.403 e. The zero-order valence-electron chi connectivity index (χ0n) is 6.13. The molecule has 0 saturated heterocycles. The molecule has 5 heteroatoms. The summed E-state index contributed by atoms with van der Waals surface area (Å²) < 4.78 is 3.88. The van der Waals surface area contributed by atoms with Crippen LogP contribution in [0.1, 0.15) is 0 Å². The third-order valence-corrected chi connectivity index (χ3v) is 0.526. The van der Waals surface area contributed by atoms with Gasteiger partial charge in [-0.15, -0.1) is 0 Å². The van der Waals surface area contributed by atoms with Gasteiger partial charge in [-0.1, -0.05) is 0 Å². The number of rotatable bonds is 1. The van der Waals surface area contributed by atoms with E-state index in [0.717, 1.165) is 6.41 Å². The van der Waals surface area contributed by atoms with E-state index in [2.05, 4.69) is 16.3 Å². The number of carbonyl (C=O) groups is 2. The molecule has 10 heavy (non-hydrogen) atoms. The van der Waals surface area contributed by atoms with Gasteiger partial charge in [0.05, 0.1) is 7.11 Å². The number of carbonyl (C=O) groups excluding carboxylic acids is 2. The lowest BCUT2D eigenvalue weighted by atomic mass is 11.0. The molecule has 0 fully saturated rings. The zero-order chi connectivity index (χ0) is 8.57. The van der Waals surface area contributed by atoms with Crippen molar-refractivity contribution in [1.82, 2.24) is 4.90 Å². The number of hydrogen-bond acceptors (Lipinski definition) is 3. The summed E-state index contributed by atoms with van der Waals surface area (Å²) in [4.78, 5) is 20.2. The molecule has 4 nitrogen and oxygen atoms in total. The Labute approximate surface area is 64.7 Å². The molecule has 0 radical (unpaired) electrons. The second-order valence-corrected chi connectivity index (χ2v) is 1.82. The van der Waals surface area contributed by atoms with Gasteiger partial charge in [-0.2, -0.15) is 0 Å². The topological polar surface area (TPSA) is 46.6 Å². The van der Waals surface area contributed by atoms with Crippen LogP contribution >= 0.6 is 11.6 Å². The zero-order valence-corrected chi connectivity index (χ0v) is 6.88. The van der Waals surface area contributed by atoms with Crippen molar-refractivity contribution in [2.24, 2.45) is 0 Å². The van der Waals surface area contributed by atoms with E-state index in [9.17, 15) is 9.59 Å². The Kier molecular flexibility index (Phi) is 9.84. The van der Waals surface area contributed by atoms with Crippen LogP contribution in [0.5, 0.6) is 0 Å². The van der Waals surface area contributed by atoms with Crippen LogP contribution in [0.3, 0.4) is 0 Å². The summed E-state index contributed by atoms with van der Waals surface area (Å²) in [5.74, 6) is 0. The molecule has 0 aromatic carbocycles. The standard InChI is InChI=1S/C3H7NO.C2H3ClO2/c1-4(2)3-5;1-5-2(3)4/h3H,1-2H3;1H3. The molecule has 0 aliphatic rings. The van der Waals surface area contributed by atoms with Crippen LogP contribution in [-0.4, -0.2) is 37.9 Å². The molecular weight excluding hydrogens is 158 g/mol. The first kappa shape index (κ1) is 12.0. The molecule has 0 saturated carbocycles. The number of ether oxygens (including phenoxy) is 1. The number of hydrogen-bond donors (Lipinski definition) is 0. The molecule has 0 aliphatic heterocycles. The molecule has 60 valence electrons. The lowest BCUT2D eigenvalue weighted by Gasteiger charge is -1.93. The van der Waals surface area contributed by atoms with Crippen molar-refractivity contribution < 1.29 is 14.3 Å². The van der Waals surface area contributed by atoms with Crippen LogP contribution in [0, 0.1) is 0 Å². The summed E-state index contributed by atoms with van der Waals surface area (Å²) in [6.07, 6.45) is 0.750. The van der Waals surface area contributed by atoms with Crippen LogP contribution in [0.25, 0.3) is 0 Å². The van der Waals surface area contributed by atoms with Crippen molar-refractivity contribution in [1.29, 1.82) is 0 Å². The molecule has 0 aliphatic carbocycles. The van der Waals surface area contributed by atoms with Gasteiger partial charge in [0.15, 0.2) is 0 Å². The van der Waals surface area contributed by atoms with Crippen molar-refractivity contribution in [3.8, 4) is 0 Å². The van der Waals surface area contributed by atoms with Crippen molar-refractivity contribution in [3.05, 3.63) is 0 Å². The number of halogens is 1. The lowest BCUT2D eigenvalue weighted by molar-refractivity contribution is -0.115. The smallest absolute Gasteiger partial charge is 0.403 e. The lowest BCUT2D eigenvalue weighted by Crippen LogP contribution is -2.06. The van der Waals surface area contributed by atoms with Gasteiger partial charge in [-0.25, -0.2) is 4.79 Å². The Morgan fingerprint density at radius 3 is 1.80 bits per heavy atom. The van der Waals surface area contributed by atoms with Gasteiger partial charge in [-0.05, 0) is 0 Å². The van der Waals surface area contributed by atoms with Gasteiger partial charge < -0.3 is 9.64 Å². The van der Waals surface area contributed by atoms with Gasteiger partial charge in [0.2, 0.25) is 6.41 Å². The average molecular weight is 168 g/mol. The average Bonchev–Trinajstić information content (AvgIpc) is 1.89. The van der Waals surface area contributed by atoms with Gasteiger partial charge in [0.25, 0.3) is 0 Å². The van der Waals surface area contributed by atoms with E-state index < -0.39 is 5.43 Å². The molecule has 0 rings (SSSR count). The summed E-state index contributed by atoms with van der Waals surface area (Å²) in [5, 5.41) is 0. The quantitative estimate of drug-likeness (QED) is 0.427. The third kappa shape index (κ3) is 26.9. The largest absolute Gasteiger partial charge is 0.457 e. The molecular formula is C5H10ClNO3. The van der Waals surface area contributed by atoms with Crippen LogP contribution in [-0.2, 0) is 9.53 Å². The second kappa shape index (κ2) is 8.23. The highest BCUT2D eigenvalue weighted by Gasteiger charge is 1.80. The summed E-state index contributed by atoms with van der Waals surface area (Å²) >= 11 is 4.60. The molecule has 0 spiro atoms. The van der Waals surface area contributed by atoms with Crippen LogP contribution in [0.4, 0.5) is 4.79 Å². The fourth-order valence-electron chi connectivity index (χ4n) is 0. The molecule has 0 bridgehead atoms. The van der Waals surface area contributed by atoms with E-state index in [1.165, 1.54) is 12.0 Å². The number of nitrogens with zero attached hydrogens (tertiary/aromatic N) is 1. The van der Waals surface area contributed by atoms with E-state index in [4.69, 9.17) is 0 Å². The summed E-state index contributed by atoms with van der Waals surface area (Å²) in [6, 6.07) is 0. The predicted octanol–water partition coefficient (Wildman–Crippen LogP) is 0.696. The summed E-state index contributed by atoms with van der Waals surface area (Å²) in [7, 11) is 4.59. The third-order valence-electron chi connectivity index (χ3n) is 0.371. The first-order valence-corrected chi connectivity index (χ1v) is 2.77. The minimum atomic E-state index is -0.773. The normalized spacial score (nSPS) is 6.80. The highest BCUT2D eigenvalue weighted by atomic mass is 35.5. The molecule has 1 amide bonds. The Morgan fingerprint density at radius 1 is 1.60 bits per heavy atom. The fourth-order valence-corrected chi connectivity index (χ4v) is 0. The maximum atomic E-state index is 9.43. The van der Waals surface area contributed by atoms with Crippen molar-refractivity contribution in [3.63, 3.8) is 0 Å². The summed E-state index contributed by atoms with van der Waals surface area (Å²) in [6.45, 7) is 0. The fraction of sp³-hybridized carbons (Fsp3) is 0.600. The van der Waals surface area contributed by atoms with Gasteiger partial charge in [0, 0.05) is 25.7 Å². The molecule has 0 N–H and O–H groups in total. The van der Waals surface area contributed by atoms with Crippen LogP contribution in [0.2, 0.25) is 0 Å². The van der Waals surface area contributed by atoms with E-state index in [-0.39, 0.29) is 0 Å². The number of amides is 1. The van der Waals surface area contributed by atoms with Crippen molar-refractivity contribution in [2.75, 3.05) is 21.2 Å². The Morgan fingerprint density at radius 2 is 1.80 bits per heavy atom. The van der Waals surface area contributed by atoms with E-state index in [1.54, 1.807) is 14.1 Å².